The highest BCUT2D eigenvalue weighted by Gasteiger charge is 2.34. The lowest BCUT2D eigenvalue weighted by Crippen LogP contribution is -2.57. The minimum atomic E-state index is -0.145. The van der Waals surface area contributed by atoms with E-state index in [0.29, 0.717) is 0 Å². The predicted molar refractivity (Wildman–Crippen MR) is 100 cm³/mol. The van der Waals surface area contributed by atoms with Crippen LogP contribution in [0.25, 0.3) is 6.08 Å². The molecule has 0 aromatic heterocycles. The molecule has 0 aliphatic heterocycles. The maximum Gasteiger partial charge on any atom is 0.0961 e. The summed E-state index contributed by atoms with van der Waals surface area (Å²) in [6.07, 6.45) is 10.2. The van der Waals surface area contributed by atoms with Crippen LogP contribution in [0.15, 0.2) is 41.6 Å². The minimum Gasteiger partial charge on any atom is -0.391 e. The zero-order chi connectivity index (χ0) is 16.7. The molecule has 3 heteroatoms. The monoisotopic (exact) mass is 313 g/mol. The van der Waals surface area contributed by atoms with Crippen LogP contribution in [-0.4, -0.2) is 26.8 Å². The number of aryl methyl sites for hydroxylation is 1. The first-order valence-corrected chi connectivity index (χ1v) is 8.75. The summed E-state index contributed by atoms with van der Waals surface area (Å²) in [5.74, 6) is 0. The van der Waals surface area contributed by atoms with Gasteiger partial charge in [-0.25, -0.2) is 0 Å². The summed E-state index contributed by atoms with van der Waals surface area (Å²) in [5.41, 5.74) is 5.17. The molecule has 0 fully saturated rings. The molecule has 0 bridgehead atoms. The molecule has 23 heavy (non-hydrogen) atoms. The Bertz CT molecular complexity index is 568. The summed E-state index contributed by atoms with van der Waals surface area (Å²) in [7, 11) is 6.09. The Kier molecular flexibility index (Phi) is 6.43. The first-order valence-electron chi connectivity index (χ1n) is 8.75. The molecule has 126 valence electrons. The highest BCUT2D eigenvalue weighted by molar-refractivity contribution is 5.56. The molecule has 3 nitrogen and oxygen atoms in total. The molecular formula is C20H31N3. The summed E-state index contributed by atoms with van der Waals surface area (Å²) >= 11 is 0. The molecule has 3 N–H and O–H groups in total. The van der Waals surface area contributed by atoms with Crippen molar-refractivity contribution in [1.29, 1.82) is 0 Å². The highest BCUT2D eigenvalue weighted by Crippen LogP contribution is 2.31. The third kappa shape index (κ3) is 4.04. The van der Waals surface area contributed by atoms with Gasteiger partial charge in [0.1, 0.15) is 0 Å². The molecule has 2 rings (SSSR count). The van der Waals surface area contributed by atoms with Crippen LogP contribution in [0.5, 0.6) is 0 Å². The zero-order valence-electron chi connectivity index (χ0n) is 15.0. The summed E-state index contributed by atoms with van der Waals surface area (Å²) in [6.45, 7) is 2.22. The van der Waals surface area contributed by atoms with E-state index in [-0.39, 0.29) is 5.66 Å². The zero-order valence-corrected chi connectivity index (χ0v) is 15.0. The highest BCUT2D eigenvalue weighted by atomic mass is 15.2. The van der Waals surface area contributed by atoms with E-state index in [4.69, 9.17) is 0 Å². The fourth-order valence-electron chi connectivity index (χ4n) is 3.52. The van der Waals surface area contributed by atoms with E-state index < -0.39 is 0 Å². The summed E-state index contributed by atoms with van der Waals surface area (Å²) in [6, 6.07) is 8.84. The van der Waals surface area contributed by atoms with Crippen molar-refractivity contribution in [2.45, 2.75) is 44.7 Å². The Morgan fingerprint density at radius 2 is 1.91 bits per heavy atom. The van der Waals surface area contributed by atoms with Crippen LogP contribution < -0.4 is 16.0 Å². The van der Waals surface area contributed by atoms with Crippen molar-refractivity contribution < 1.29 is 0 Å². The Labute approximate surface area is 141 Å². The number of nitrogens with one attached hydrogen (secondary N) is 3. The molecule has 1 aliphatic rings. The molecule has 1 aliphatic carbocycles. The number of hydrogen-bond acceptors (Lipinski definition) is 3. The van der Waals surface area contributed by atoms with Gasteiger partial charge >= 0.3 is 0 Å². The van der Waals surface area contributed by atoms with Gasteiger partial charge in [0.2, 0.25) is 0 Å². The molecule has 1 aromatic carbocycles. The summed E-state index contributed by atoms with van der Waals surface area (Å²) in [5, 5.41) is 10.4. The summed E-state index contributed by atoms with van der Waals surface area (Å²) in [4.78, 5) is 0. The van der Waals surface area contributed by atoms with Crippen molar-refractivity contribution in [3.63, 3.8) is 0 Å². The smallest absolute Gasteiger partial charge is 0.0961 e. The molecular weight excluding hydrogens is 282 g/mol. The largest absolute Gasteiger partial charge is 0.391 e. The molecule has 0 amide bonds. The maximum atomic E-state index is 3.49. The first kappa shape index (κ1) is 17.8. The van der Waals surface area contributed by atoms with Crippen LogP contribution in [0, 0.1) is 0 Å². The standard InChI is InChI=1S/C20H31N3/c1-5-8-16-9-6-10-17(15-16)12-13-18-19(21-2)11-7-14-20(18,22-3)23-4/h6,9-10,12-13,15,21-23H,5,7-8,11,14H2,1-4H3/b13-12+. The molecule has 0 spiro atoms. The number of likely N-dealkylation sites (N-methyl/N-ethyl adjacent to an activating group) is 2. The van der Waals surface area contributed by atoms with E-state index in [0.717, 1.165) is 19.3 Å². The van der Waals surface area contributed by atoms with Crippen LogP contribution in [0.4, 0.5) is 0 Å². The van der Waals surface area contributed by atoms with Gasteiger partial charge in [0.15, 0.2) is 0 Å². The van der Waals surface area contributed by atoms with Gasteiger partial charge < -0.3 is 5.32 Å². The van der Waals surface area contributed by atoms with E-state index in [9.17, 15) is 0 Å². The quantitative estimate of drug-likeness (QED) is 0.675. The fraction of sp³-hybridized carbons (Fsp3) is 0.500. The van der Waals surface area contributed by atoms with Gasteiger partial charge in [-0.05, 0) is 50.9 Å². The number of benzene rings is 1. The number of allylic oxidation sites excluding steroid dienone is 1. The van der Waals surface area contributed by atoms with Crippen LogP contribution in [0.3, 0.4) is 0 Å². The Hall–Kier alpha value is -1.58. The van der Waals surface area contributed by atoms with E-state index in [1.165, 1.54) is 35.2 Å². The Morgan fingerprint density at radius 1 is 1.13 bits per heavy atom. The molecule has 0 heterocycles. The van der Waals surface area contributed by atoms with Gasteiger partial charge in [-0.1, -0.05) is 49.8 Å². The van der Waals surface area contributed by atoms with Crippen LogP contribution in [0.2, 0.25) is 0 Å². The van der Waals surface area contributed by atoms with Gasteiger partial charge in [0.25, 0.3) is 0 Å². The normalized spacial score (nSPS) is 17.7. The van der Waals surface area contributed by atoms with E-state index >= 15 is 0 Å². The fourth-order valence-corrected chi connectivity index (χ4v) is 3.52. The van der Waals surface area contributed by atoms with E-state index in [2.05, 4.69) is 59.3 Å². The van der Waals surface area contributed by atoms with Crippen LogP contribution >= 0.6 is 0 Å². The van der Waals surface area contributed by atoms with Gasteiger partial charge in [0, 0.05) is 18.3 Å². The second kappa shape index (κ2) is 8.32. The van der Waals surface area contributed by atoms with Crippen molar-refractivity contribution >= 4 is 6.08 Å². The second-order valence-corrected chi connectivity index (χ2v) is 6.23. The number of rotatable bonds is 7. The molecule has 0 radical (unpaired) electrons. The average molecular weight is 313 g/mol. The van der Waals surface area contributed by atoms with Crippen molar-refractivity contribution in [3.8, 4) is 0 Å². The minimum absolute atomic E-state index is 0.145. The lowest BCUT2D eigenvalue weighted by Gasteiger charge is -2.39. The van der Waals surface area contributed by atoms with Crippen molar-refractivity contribution in [3.05, 3.63) is 52.7 Å². The van der Waals surface area contributed by atoms with Crippen molar-refractivity contribution in [2.24, 2.45) is 0 Å². The van der Waals surface area contributed by atoms with Gasteiger partial charge in [0.05, 0.1) is 5.66 Å². The lowest BCUT2D eigenvalue weighted by atomic mass is 9.84. The number of hydrogen-bond donors (Lipinski definition) is 3. The van der Waals surface area contributed by atoms with Gasteiger partial charge in [-0.15, -0.1) is 0 Å². The van der Waals surface area contributed by atoms with Crippen LogP contribution in [-0.2, 0) is 6.42 Å². The Balaban J connectivity index is 2.33. The topological polar surface area (TPSA) is 36.1 Å². The third-order valence-corrected chi connectivity index (χ3v) is 4.85. The van der Waals surface area contributed by atoms with Crippen LogP contribution in [0.1, 0.15) is 43.7 Å². The van der Waals surface area contributed by atoms with E-state index in [1.54, 1.807) is 0 Å². The Morgan fingerprint density at radius 3 is 2.57 bits per heavy atom. The van der Waals surface area contributed by atoms with Crippen molar-refractivity contribution in [2.75, 3.05) is 21.1 Å². The molecule has 0 saturated heterocycles. The first-order chi connectivity index (χ1) is 11.2. The second-order valence-electron chi connectivity index (χ2n) is 6.23. The predicted octanol–water partition coefficient (Wildman–Crippen LogP) is 3.44. The molecule has 1 aromatic rings. The lowest BCUT2D eigenvalue weighted by molar-refractivity contribution is 0.306. The third-order valence-electron chi connectivity index (χ3n) is 4.85. The summed E-state index contributed by atoms with van der Waals surface area (Å²) < 4.78 is 0. The molecule has 0 saturated carbocycles. The van der Waals surface area contributed by atoms with Crippen molar-refractivity contribution in [1.82, 2.24) is 16.0 Å². The maximum absolute atomic E-state index is 3.49. The molecule has 0 atom stereocenters. The van der Waals surface area contributed by atoms with Gasteiger partial charge in [-0.2, -0.15) is 0 Å². The van der Waals surface area contributed by atoms with E-state index in [1.807, 2.05) is 21.1 Å². The average Bonchev–Trinajstić information content (AvgIpc) is 2.60. The van der Waals surface area contributed by atoms with Gasteiger partial charge in [-0.3, -0.25) is 10.6 Å². The molecule has 0 unspecified atom stereocenters. The SMILES string of the molecule is CCCc1cccc(/C=C/C2=C(NC)CCCC2(NC)NC)c1.